The molecule has 204 valence electrons. The van der Waals surface area contributed by atoms with Crippen LogP contribution in [-0.4, -0.2) is 135 Å². The Kier molecular flexibility index (Phi) is 16.1. The predicted octanol–water partition coefficient (Wildman–Crippen LogP) is 0.492. The first-order chi connectivity index (χ1) is 15.6. The van der Waals surface area contributed by atoms with Gasteiger partial charge in [0, 0.05) is 52.4 Å². The van der Waals surface area contributed by atoms with Crippen molar-refractivity contribution >= 4 is 6.09 Å². The number of carbonyl (C=O) groups excluding carboxylic acids is 1. The Morgan fingerprint density at radius 2 is 1.15 bits per heavy atom. The molecule has 1 rings (SSSR count). The average Bonchev–Trinajstić information content (AvgIpc) is 2.63. The highest BCUT2D eigenvalue weighted by molar-refractivity contribution is 5.68. The maximum atomic E-state index is 11.5. The van der Waals surface area contributed by atoms with E-state index in [1.165, 1.54) is 0 Å². The molecule has 0 bridgehead atoms. The van der Waals surface area contributed by atoms with Gasteiger partial charge in [0.05, 0.1) is 30.5 Å². The van der Waals surface area contributed by atoms with Crippen molar-refractivity contribution in [2.45, 2.75) is 97.4 Å². The van der Waals surface area contributed by atoms with Gasteiger partial charge in [0.2, 0.25) is 0 Å². The van der Waals surface area contributed by atoms with Gasteiger partial charge in [0.1, 0.15) is 5.60 Å². The molecule has 10 nitrogen and oxygen atoms in total. The monoisotopic (exact) mass is 493 g/mol. The molecule has 0 radical (unpaired) electrons. The molecule has 1 saturated heterocycles. The second-order valence-corrected chi connectivity index (χ2v) is 10.6. The summed E-state index contributed by atoms with van der Waals surface area (Å²) in [6, 6.07) is 0. The molecule has 0 aromatic heterocycles. The SMILES string of the molecule is CC(C)(C)OC(=O)N1CCC(O)CC1.CC(O)CN(CCN(CC(C)O)CC(C)O)CC(C)O. The van der Waals surface area contributed by atoms with Gasteiger partial charge in [-0.15, -0.1) is 0 Å². The van der Waals surface area contributed by atoms with Gasteiger partial charge in [-0.25, -0.2) is 4.79 Å². The Balaban J connectivity index is 0.000000679. The van der Waals surface area contributed by atoms with Crippen molar-refractivity contribution in [3.63, 3.8) is 0 Å². The maximum absolute atomic E-state index is 11.5. The zero-order chi connectivity index (χ0) is 26.5. The van der Waals surface area contributed by atoms with E-state index in [4.69, 9.17) is 4.74 Å². The second-order valence-electron chi connectivity index (χ2n) is 10.6. The van der Waals surface area contributed by atoms with Gasteiger partial charge in [-0.05, 0) is 61.3 Å². The zero-order valence-corrected chi connectivity index (χ0v) is 22.4. The molecule has 1 aliphatic rings. The topological polar surface area (TPSA) is 137 Å². The minimum absolute atomic E-state index is 0.256. The molecular weight excluding hydrogens is 442 g/mol. The summed E-state index contributed by atoms with van der Waals surface area (Å²) in [4.78, 5) is 17.2. The lowest BCUT2D eigenvalue weighted by Gasteiger charge is -2.31. The molecule has 10 heteroatoms. The minimum atomic E-state index is -0.448. The van der Waals surface area contributed by atoms with E-state index in [2.05, 4.69) is 0 Å². The first kappa shape index (κ1) is 33.0. The number of carbonyl (C=O) groups is 1. The van der Waals surface area contributed by atoms with Crippen molar-refractivity contribution in [3.8, 4) is 0 Å². The van der Waals surface area contributed by atoms with Crippen LogP contribution in [0.1, 0.15) is 61.3 Å². The third kappa shape index (κ3) is 18.3. The van der Waals surface area contributed by atoms with Crippen LogP contribution in [0.15, 0.2) is 0 Å². The van der Waals surface area contributed by atoms with E-state index in [0.29, 0.717) is 65.2 Å². The van der Waals surface area contributed by atoms with Gasteiger partial charge < -0.3 is 35.2 Å². The van der Waals surface area contributed by atoms with Crippen LogP contribution in [0.5, 0.6) is 0 Å². The van der Waals surface area contributed by atoms with Crippen LogP contribution in [0.4, 0.5) is 4.79 Å². The number of nitrogens with zero attached hydrogens (tertiary/aromatic N) is 3. The number of rotatable bonds is 11. The lowest BCUT2D eigenvalue weighted by molar-refractivity contribution is 0.0100. The molecule has 0 aliphatic carbocycles. The van der Waals surface area contributed by atoms with Crippen LogP contribution in [-0.2, 0) is 4.74 Å². The van der Waals surface area contributed by atoms with Crippen LogP contribution in [0.2, 0.25) is 0 Å². The summed E-state index contributed by atoms with van der Waals surface area (Å²) in [5.74, 6) is 0. The number of aliphatic hydroxyl groups is 5. The fourth-order valence-corrected chi connectivity index (χ4v) is 3.67. The fourth-order valence-electron chi connectivity index (χ4n) is 3.67. The Hall–Kier alpha value is -1.01. The number of piperidine rings is 1. The molecule has 4 unspecified atom stereocenters. The van der Waals surface area contributed by atoms with Crippen LogP contribution < -0.4 is 0 Å². The van der Waals surface area contributed by atoms with Gasteiger partial charge in [0.25, 0.3) is 0 Å². The molecule has 0 saturated carbocycles. The predicted molar refractivity (Wildman–Crippen MR) is 133 cm³/mol. The van der Waals surface area contributed by atoms with Gasteiger partial charge in [0.15, 0.2) is 0 Å². The highest BCUT2D eigenvalue weighted by Gasteiger charge is 2.25. The molecular formula is C24H51N3O7. The van der Waals surface area contributed by atoms with E-state index in [9.17, 15) is 30.3 Å². The van der Waals surface area contributed by atoms with E-state index >= 15 is 0 Å². The van der Waals surface area contributed by atoms with E-state index in [1.807, 2.05) is 30.6 Å². The Morgan fingerprint density at radius 3 is 1.41 bits per heavy atom. The smallest absolute Gasteiger partial charge is 0.410 e. The normalized spacial score (nSPS) is 18.8. The van der Waals surface area contributed by atoms with Gasteiger partial charge >= 0.3 is 6.09 Å². The summed E-state index contributed by atoms with van der Waals surface area (Å²) in [6.07, 6.45) is -1.02. The van der Waals surface area contributed by atoms with Crippen molar-refractivity contribution < 1.29 is 35.1 Å². The summed E-state index contributed by atoms with van der Waals surface area (Å²) in [6.45, 7) is 17.0. The number of hydrogen-bond donors (Lipinski definition) is 5. The van der Waals surface area contributed by atoms with Crippen molar-refractivity contribution in [2.75, 3.05) is 52.4 Å². The van der Waals surface area contributed by atoms with Crippen molar-refractivity contribution in [1.29, 1.82) is 0 Å². The molecule has 1 amide bonds. The second kappa shape index (κ2) is 16.6. The van der Waals surface area contributed by atoms with Crippen LogP contribution in [0, 0.1) is 0 Å². The number of ether oxygens (including phenoxy) is 1. The fraction of sp³-hybridized carbons (Fsp3) is 0.958. The molecule has 1 fully saturated rings. The number of hydrogen-bond acceptors (Lipinski definition) is 9. The first-order valence-electron chi connectivity index (χ1n) is 12.4. The molecule has 0 spiro atoms. The van der Waals surface area contributed by atoms with Gasteiger partial charge in [-0.3, -0.25) is 9.80 Å². The Morgan fingerprint density at radius 1 is 0.824 bits per heavy atom. The molecule has 34 heavy (non-hydrogen) atoms. The molecule has 1 heterocycles. The molecule has 5 N–H and O–H groups in total. The van der Waals surface area contributed by atoms with E-state index in [0.717, 1.165) is 0 Å². The zero-order valence-electron chi connectivity index (χ0n) is 22.4. The highest BCUT2D eigenvalue weighted by Crippen LogP contribution is 2.15. The van der Waals surface area contributed by atoms with Crippen LogP contribution in [0.25, 0.3) is 0 Å². The summed E-state index contributed by atoms with van der Waals surface area (Å²) in [5, 5.41) is 47.2. The van der Waals surface area contributed by atoms with Gasteiger partial charge in [-0.2, -0.15) is 0 Å². The molecule has 0 aromatic rings. The van der Waals surface area contributed by atoms with Crippen molar-refractivity contribution in [2.24, 2.45) is 0 Å². The number of amides is 1. The third-order valence-corrected chi connectivity index (χ3v) is 4.94. The van der Waals surface area contributed by atoms with E-state index in [1.54, 1.807) is 32.6 Å². The molecule has 1 aliphatic heterocycles. The minimum Gasteiger partial charge on any atom is -0.444 e. The van der Waals surface area contributed by atoms with E-state index in [-0.39, 0.29) is 12.2 Å². The summed E-state index contributed by atoms with van der Waals surface area (Å²) < 4.78 is 5.22. The number of likely N-dealkylation sites (tertiary alicyclic amines) is 1. The first-order valence-corrected chi connectivity index (χ1v) is 12.4. The highest BCUT2D eigenvalue weighted by atomic mass is 16.6. The summed E-state index contributed by atoms with van der Waals surface area (Å²) in [5.41, 5.74) is -0.437. The van der Waals surface area contributed by atoms with Crippen molar-refractivity contribution in [1.82, 2.24) is 14.7 Å². The summed E-state index contributed by atoms with van der Waals surface area (Å²) in [7, 11) is 0. The number of aliphatic hydroxyl groups excluding tert-OH is 5. The molecule has 0 aromatic carbocycles. The van der Waals surface area contributed by atoms with Crippen LogP contribution in [0.3, 0.4) is 0 Å². The van der Waals surface area contributed by atoms with Crippen molar-refractivity contribution in [3.05, 3.63) is 0 Å². The maximum Gasteiger partial charge on any atom is 0.410 e. The van der Waals surface area contributed by atoms with E-state index < -0.39 is 30.0 Å². The lowest BCUT2D eigenvalue weighted by atomic mass is 10.1. The summed E-state index contributed by atoms with van der Waals surface area (Å²) >= 11 is 0. The lowest BCUT2D eigenvalue weighted by Crippen LogP contribution is -2.44. The average molecular weight is 494 g/mol. The molecule has 4 atom stereocenters. The Labute approximate surface area is 206 Å². The van der Waals surface area contributed by atoms with Gasteiger partial charge in [-0.1, -0.05) is 0 Å². The quantitative estimate of drug-likeness (QED) is 0.278. The largest absolute Gasteiger partial charge is 0.444 e. The van der Waals surface area contributed by atoms with Crippen LogP contribution >= 0.6 is 0 Å². The third-order valence-electron chi connectivity index (χ3n) is 4.94. The Bertz CT molecular complexity index is 487. The standard InChI is InChI=1S/C14H32N2O4.C10H19NO3/c1-11(17)7-15(8-12(2)18)5-6-16(9-13(3)19)10-14(4)20;1-10(2,3)14-9(13)11-6-4-8(12)5-7-11/h11-14,17-20H,5-10H2,1-4H3;8,12H,4-7H2,1-3H3.